The summed E-state index contributed by atoms with van der Waals surface area (Å²) in [6, 6.07) is 1.79. The molecule has 0 aromatic carbocycles. The Morgan fingerprint density at radius 2 is 2.50 bits per heavy atom. The quantitative estimate of drug-likeness (QED) is 0.576. The smallest absolute Gasteiger partial charge is 0.175 e. The van der Waals surface area contributed by atoms with E-state index in [9.17, 15) is 4.79 Å². The van der Waals surface area contributed by atoms with Gasteiger partial charge < -0.3 is 4.98 Å². The van der Waals surface area contributed by atoms with Gasteiger partial charge in [0.2, 0.25) is 0 Å². The third-order valence-corrected chi connectivity index (χ3v) is 1.88. The van der Waals surface area contributed by atoms with Gasteiger partial charge in [-0.25, -0.2) is 0 Å². The number of aryl methyl sites for hydroxylation is 1. The summed E-state index contributed by atoms with van der Waals surface area (Å²) in [5, 5.41) is 0.395. The van der Waals surface area contributed by atoms with Crippen molar-refractivity contribution < 1.29 is 4.79 Å². The molecule has 10 heavy (non-hydrogen) atoms. The molecule has 0 amide bonds. The van der Waals surface area contributed by atoms with E-state index in [1.165, 1.54) is 0 Å². The fraction of sp³-hybridized carbons (Fsp3) is 0.286. The van der Waals surface area contributed by atoms with E-state index in [-0.39, 0.29) is 5.78 Å². The Morgan fingerprint density at radius 3 is 2.90 bits per heavy atom. The van der Waals surface area contributed by atoms with Gasteiger partial charge >= 0.3 is 0 Å². The van der Waals surface area contributed by atoms with Gasteiger partial charge in [-0.15, -0.1) is 0 Å². The fourth-order valence-corrected chi connectivity index (χ4v) is 1.13. The van der Waals surface area contributed by atoms with Gasteiger partial charge in [0.05, 0.1) is 5.33 Å². The van der Waals surface area contributed by atoms with E-state index in [0.717, 1.165) is 11.3 Å². The van der Waals surface area contributed by atoms with Gasteiger partial charge in [0, 0.05) is 17.5 Å². The number of nitrogens with one attached hydrogen (secondary N) is 1. The number of H-pyrrole nitrogens is 1. The van der Waals surface area contributed by atoms with Crippen LogP contribution in [0.4, 0.5) is 0 Å². The highest BCUT2D eigenvalue weighted by Gasteiger charge is 2.06. The Balaban J connectivity index is 2.93. The maximum atomic E-state index is 11.0. The van der Waals surface area contributed by atoms with E-state index in [1.54, 1.807) is 12.3 Å². The fourth-order valence-electron chi connectivity index (χ4n) is 0.827. The monoisotopic (exact) mass is 201 g/mol. The van der Waals surface area contributed by atoms with Crippen molar-refractivity contribution in [3.63, 3.8) is 0 Å². The standard InChI is InChI=1S/C7H8BrNO/c1-5-6(2-3-9-5)7(10)4-8/h2-3,9H,4H2,1H3. The summed E-state index contributed by atoms with van der Waals surface area (Å²) >= 11 is 3.11. The zero-order valence-corrected chi connectivity index (χ0v) is 7.23. The maximum absolute atomic E-state index is 11.0. The molecule has 0 saturated heterocycles. The Hall–Kier alpha value is -0.570. The van der Waals surface area contributed by atoms with Crippen molar-refractivity contribution in [1.82, 2.24) is 4.98 Å². The molecule has 0 aliphatic carbocycles. The predicted octanol–water partition coefficient (Wildman–Crippen LogP) is 1.90. The van der Waals surface area contributed by atoms with Crippen molar-refractivity contribution in [2.24, 2.45) is 0 Å². The van der Waals surface area contributed by atoms with E-state index in [2.05, 4.69) is 20.9 Å². The molecule has 54 valence electrons. The van der Waals surface area contributed by atoms with Crippen molar-refractivity contribution in [2.45, 2.75) is 6.92 Å². The third-order valence-electron chi connectivity index (χ3n) is 1.38. The van der Waals surface area contributed by atoms with Crippen LogP contribution in [0.3, 0.4) is 0 Å². The lowest BCUT2D eigenvalue weighted by Gasteiger charge is -1.91. The van der Waals surface area contributed by atoms with Crippen LogP contribution in [0.25, 0.3) is 0 Å². The SMILES string of the molecule is Cc1[nH]ccc1C(=O)CBr. The second-order valence-corrected chi connectivity index (χ2v) is 2.63. The molecular formula is C7H8BrNO. The number of aromatic amines is 1. The second-order valence-electron chi connectivity index (χ2n) is 2.07. The zero-order chi connectivity index (χ0) is 7.56. The van der Waals surface area contributed by atoms with Crippen LogP contribution in [-0.4, -0.2) is 16.1 Å². The number of aromatic nitrogens is 1. The van der Waals surface area contributed by atoms with E-state index in [0.29, 0.717) is 5.33 Å². The van der Waals surface area contributed by atoms with Gasteiger partial charge in [-0.05, 0) is 13.0 Å². The van der Waals surface area contributed by atoms with E-state index in [1.807, 2.05) is 6.92 Å². The van der Waals surface area contributed by atoms with Gasteiger partial charge in [0.1, 0.15) is 0 Å². The van der Waals surface area contributed by atoms with Crippen molar-refractivity contribution in [3.8, 4) is 0 Å². The molecule has 0 bridgehead atoms. The summed E-state index contributed by atoms with van der Waals surface area (Å²) in [7, 11) is 0. The van der Waals surface area contributed by atoms with Crippen LogP contribution in [-0.2, 0) is 0 Å². The Labute approximate surface area is 67.8 Å². The van der Waals surface area contributed by atoms with E-state index < -0.39 is 0 Å². The maximum Gasteiger partial charge on any atom is 0.175 e. The van der Waals surface area contributed by atoms with Crippen LogP contribution in [0.5, 0.6) is 0 Å². The Bertz CT molecular complexity index is 242. The summed E-state index contributed by atoms with van der Waals surface area (Å²) in [6.07, 6.45) is 1.77. The average molecular weight is 202 g/mol. The second kappa shape index (κ2) is 3.01. The van der Waals surface area contributed by atoms with Gasteiger partial charge in [-0.2, -0.15) is 0 Å². The number of ketones is 1. The summed E-state index contributed by atoms with van der Waals surface area (Å²) < 4.78 is 0. The summed E-state index contributed by atoms with van der Waals surface area (Å²) in [4.78, 5) is 14.0. The number of hydrogen-bond acceptors (Lipinski definition) is 1. The Kier molecular flexibility index (Phi) is 2.27. The minimum absolute atomic E-state index is 0.124. The lowest BCUT2D eigenvalue weighted by Crippen LogP contribution is -1.99. The topological polar surface area (TPSA) is 32.9 Å². The number of halogens is 1. The van der Waals surface area contributed by atoms with Crippen molar-refractivity contribution in [2.75, 3.05) is 5.33 Å². The number of carbonyl (C=O) groups is 1. The predicted molar refractivity (Wildman–Crippen MR) is 43.7 cm³/mol. The molecule has 0 aliphatic heterocycles. The molecule has 0 unspecified atom stereocenters. The first kappa shape index (κ1) is 7.54. The summed E-state index contributed by atoms with van der Waals surface area (Å²) in [5.41, 5.74) is 1.71. The normalized spacial score (nSPS) is 9.80. The number of carbonyl (C=O) groups excluding carboxylic acids is 1. The molecule has 0 spiro atoms. The first-order valence-electron chi connectivity index (χ1n) is 2.99. The first-order chi connectivity index (χ1) is 4.75. The van der Waals surface area contributed by atoms with Crippen LogP contribution in [0.15, 0.2) is 12.3 Å². The van der Waals surface area contributed by atoms with Crippen LogP contribution >= 0.6 is 15.9 Å². The van der Waals surface area contributed by atoms with E-state index >= 15 is 0 Å². The molecule has 0 fully saturated rings. The minimum Gasteiger partial charge on any atom is -0.365 e. The highest BCUT2D eigenvalue weighted by molar-refractivity contribution is 9.09. The molecule has 1 aromatic rings. The van der Waals surface area contributed by atoms with Crippen LogP contribution in [0.2, 0.25) is 0 Å². The van der Waals surface area contributed by atoms with Gasteiger partial charge in [0.15, 0.2) is 5.78 Å². The number of rotatable bonds is 2. The first-order valence-corrected chi connectivity index (χ1v) is 4.11. The summed E-state index contributed by atoms with van der Waals surface area (Å²) in [5.74, 6) is 0.124. The van der Waals surface area contributed by atoms with E-state index in [4.69, 9.17) is 0 Å². The third kappa shape index (κ3) is 1.29. The van der Waals surface area contributed by atoms with Gasteiger partial charge in [-0.3, -0.25) is 4.79 Å². The molecule has 0 aliphatic rings. The molecule has 3 heteroatoms. The highest BCUT2D eigenvalue weighted by atomic mass is 79.9. The summed E-state index contributed by atoms with van der Waals surface area (Å²) in [6.45, 7) is 1.88. The number of Topliss-reactive ketones (excluding diaryl/α,β-unsaturated/α-hetero) is 1. The van der Waals surface area contributed by atoms with Crippen molar-refractivity contribution in [1.29, 1.82) is 0 Å². The molecule has 1 heterocycles. The molecule has 0 saturated carbocycles. The molecule has 0 radical (unpaired) electrons. The average Bonchev–Trinajstić information content (AvgIpc) is 2.34. The van der Waals surface area contributed by atoms with Crippen molar-refractivity contribution >= 4 is 21.7 Å². The molecule has 0 atom stereocenters. The Morgan fingerprint density at radius 1 is 1.80 bits per heavy atom. The lowest BCUT2D eigenvalue weighted by molar-refractivity contribution is 0.102. The van der Waals surface area contributed by atoms with Gasteiger partial charge in [-0.1, -0.05) is 15.9 Å². The lowest BCUT2D eigenvalue weighted by atomic mass is 10.2. The largest absolute Gasteiger partial charge is 0.365 e. The van der Waals surface area contributed by atoms with Gasteiger partial charge in [0.25, 0.3) is 0 Å². The molecule has 1 rings (SSSR count). The molecule has 1 N–H and O–H groups in total. The van der Waals surface area contributed by atoms with Crippen LogP contribution in [0, 0.1) is 6.92 Å². The zero-order valence-electron chi connectivity index (χ0n) is 5.65. The molecule has 1 aromatic heterocycles. The number of hydrogen-bond donors (Lipinski definition) is 1. The number of alkyl halides is 1. The minimum atomic E-state index is 0.124. The van der Waals surface area contributed by atoms with Crippen molar-refractivity contribution in [3.05, 3.63) is 23.5 Å². The highest BCUT2D eigenvalue weighted by Crippen LogP contribution is 2.06. The van der Waals surface area contributed by atoms with Crippen LogP contribution in [0.1, 0.15) is 16.1 Å². The molecular weight excluding hydrogens is 194 g/mol. The molecule has 2 nitrogen and oxygen atoms in total. The van der Waals surface area contributed by atoms with Crippen LogP contribution < -0.4 is 0 Å².